The average Bonchev–Trinajstić information content (AvgIpc) is 2.54. The molecule has 3 aromatic rings. The third-order valence-electron chi connectivity index (χ3n) is 4.06. The van der Waals surface area contributed by atoms with Crippen LogP contribution in [0.25, 0.3) is 10.9 Å². The maximum absolute atomic E-state index is 13.6. The first-order valence-corrected chi connectivity index (χ1v) is 7.13. The van der Waals surface area contributed by atoms with Crippen molar-refractivity contribution < 1.29 is 8.78 Å². The molecule has 0 atom stereocenters. The van der Waals surface area contributed by atoms with Crippen LogP contribution in [-0.2, 0) is 13.0 Å². The predicted molar refractivity (Wildman–Crippen MR) is 80.7 cm³/mol. The Hall–Kier alpha value is -2.56. The van der Waals surface area contributed by atoms with Crippen LogP contribution in [0, 0.1) is 11.6 Å². The fourth-order valence-corrected chi connectivity index (χ4v) is 2.97. The van der Waals surface area contributed by atoms with Crippen molar-refractivity contribution in [2.45, 2.75) is 13.0 Å². The molecule has 0 amide bonds. The maximum Gasteiger partial charge on any atom is 0.140 e. The second kappa shape index (κ2) is 5.02. The Balaban J connectivity index is 1.77. The summed E-state index contributed by atoms with van der Waals surface area (Å²) in [6.07, 6.45) is 2.24. The standard InChI is InChI=1S/C17H13F2N3/c18-13-2-1-12-9-22(6-5-11(12)7-13)17-15-8-14(19)3-4-16(15)20-10-21-17/h1-4,7-8,10H,5-6,9H2. The number of hydrogen-bond donors (Lipinski definition) is 0. The summed E-state index contributed by atoms with van der Waals surface area (Å²) in [4.78, 5) is 10.6. The molecule has 0 saturated heterocycles. The Kier molecular flexibility index (Phi) is 2.99. The average molecular weight is 297 g/mol. The summed E-state index contributed by atoms with van der Waals surface area (Å²) >= 11 is 0. The highest BCUT2D eigenvalue weighted by Crippen LogP contribution is 2.28. The highest BCUT2D eigenvalue weighted by atomic mass is 19.1. The van der Waals surface area contributed by atoms with Gasteiger partial charge in [-0.15, -0.1) is 0 Å². The molecular weight excluding hydrogens is 284 g/mol. The Morgan fingerprint density at radius 1 is 0.909 bits per heavy atom. The van der Waals surface area contributed by atoms with E-state index in [2.05, 4.69) is 14.9 Å². The van der Waals surface area contributed by atoms with E-state index < -0.39 is 0 Å². The molecule has 2 aromatic carbocycles. The van der Waals surface area contributed by atoms with Crippen LogP contribution in [0.2, 0.25) is 0 Å². The van der Waals surface area contributed by atoms with Crippen LogP contribution in [0.15, 0.2) is 42.7 Å². The Morgan fingerprint density at radius 2 is 1.73 bits per heavy atom. The van der Waals surface area contributed by atoms with Crippen molar-refractivity contribution in [3.63, 3.8) is 0 Å². The zero-order valence-electron chi connectivity index (χ0n) is 11.8. The first-order chi connectivity index (χ1) is 10.7. The summed E-state index contributed by atoms with van der Waals surface area (Å²) in [5, 5.41) is 0.702. The summed E-state index contributed by atoms with van der Waals surface area (Å²) in [6, 6.07) is 9.38. The Morgan fingerprint density at radius 3 is 2.64 bits per heavy atom. The van der Waals surface area contributed by atoms with E-state index in [1.54, 1.807) is 18.2 Å². The van der Waals surface area contributed by atoms with E-state index in [0.717, 1.165) is 35.4 Å². The van der Waals surface area contributed by atoms with Crippen molar-refractivity contribution in [1.82, 2.24) is 9.97 Å². The van der Waals surface area contributed by atoms with Gasteiger partial charge in [0.05, 0.1) is 5.52 Å². The summed E-state index contributed by atoms with van der Waals surface area (Å²) in [5.74, 6) is 0.212. The van der Waals surface area contributed by atoms with Gasteiger partial charge in [-0.25, -0.2) is 18.7 Å². The van der Waals surface area contributed by atoms with Gasteiger partial charge in [-0.2, -0.15) is 0 Å². The molecule has 0 saturated carbocycles. The normalized spacial score (nSPS) is 14.2. The number of hydrogen-bond acceptors (Lipinski definition) is 3. The zero-order valence-corrected chi connectivity index (χ0v) is 11.8. The summed E-state index contributed by atoms with van der Waals surface area (Å²) in [6.45, 7) is 1.36. The van der Waals surface area contributed by atoms with Crippen molar-refractivity contribution in [2.75, 3.05) is 11.4 Å². The fourth-order valence-electron chi connectivity index (χ4n) is 2.97. The highest BCUT2D eigenvalue weighted by Gasteiger charge is 2.20. The molecule has 0 N–H and O–H groups in total. The van der Waals surface area contributed by atoms with Crippen LogP contribution in [0.3, 0.4) is 0 Å². The van der Waals surface area contributed by atoms with Crippen molar-refractivity contribution in [1.29, 1.82) is 0 Å². The number of halogens is 2. The first kappa shape index (κ1) is 13.1. The van der Waals surface area contributed by atoms with Gasteiger partial charge in [0, 0.05) is 18.5 Å². The number of fused-ring (bicyclic) bond motifs is 2. The minimum absolute atomic E-state index is 0.207. The molecule has 4 rings (SSSR count). The minimum atomic E-state index is -0.303. The van der Waals surface area contributed by atoms with Gasteiger partial charge in [-0.05, 0) is 47.9 Å². The second-order valence-corrected chi connectivity index (χ2v) is 5.44. The van der Waals surface area contributed by atoms with Gasteiger partial charge in [0.25, 0.3) is 0 Å². The smallest absolute Gasteiger partial charge is 0.140 e. The van der Waals surface area contributed by atoms with Crippen molar-refractivity contribution in [2.24, 2.45) is 0 Å². The molecule has 2 heterocycles. The van der Waals surface area contributed by atoms with E-state index in [9.17, 15) is 8.78 Å². The van der Waals surface area contributed by atoms with Gasteiger partial charge in [-0.1, -0.05) is 6.07 Å². The lowest BCUT2D eigenvalue weighted by Crippen LogP contribution is -2.31. The molecule has 110 valence electrons. The highest BCUT2D eigenvalue weighted by molar-refractivity contribution is 5.89. The summed E-state index contributed by atoms with van der Waals surface area (Å²) in [5.41, 5.74) is 2.83. The monoisotopic (exact) mass is 297 g/mol. The number of aromatic nitrogens is 2. The lowest BCUT2D eigenvalue weighted by Gasteiger charge is -2.30. The van der Waals surface area contributed by atoms with E-state index >= 15 is 0 Å². The lowest BCUT2D eigenvalue weighted by atomic mass is 9.99. The van der Waals surface area contributed by atoms with Crippen molar-refractivity contribution >= 4 is 16.7 Å². The van der Waals surface area contributed by atoms with Gasteiger partial charge < -0.3 is 4.90 Å². The van der Waals surface area contributed by atoms with Crippen LogP contribution < -0.4 is 4.90 Å². The molecule has 1 aliphatic heterocycles. The second-order valence-electron chi connectivity index (χ2n) is 5.44. The van der Waals surface area contributed by atoms with Crippen LogP contribution in [-0.4, -0.2) is 16.5 Å². The van der Waals surface area contributed by atoms with E-state index in [1.807, 2.05) is 0 Å². The number of benzene rings is 2. The van der Waals surface area contributed by atoms with Gasteiger partial charge in [0.15, 0.2) is 0 Å². The molecule has 5 heteroatoms. The molecule has 0 spiro atoms. The van der Waals surface area contributed by atoms with Gasteiger partial charge in [0.1, 0.15) is 23.8 Å². The molecule has 3 nitrogen and oxygen atoms in total. The molecule has 0 radical (unpaired) electrons. The number of nitrogens with zero attached hydrogens (tertiary/aromatic N) is 3. The molecule has 0 bridgehead atoms. The number of rotatable bonds is 1. The van der Waals surface area contributed by atoms with Crippen LogP contribution in [0.1, 0.15) is 11.1 Å². The van der Waals surface area contributed by atoms with Crippen LogP contribution in [0.4, 0.5) is 14.6 Å². The van der Waals surface area contributed by atoms with Crippen molar-refractivity contribution in [3.8, 4) is 0 Å². The Labute approximate surface area is 126 Å². The first-order valence-electron chi connectivity index (χ1n) is 7.13. The predicted octanol–water partition coefficient (Wildman–Crippen LogP) is 3.47. The fraction of sp³-hybridized carbons (Fsp3) is 0.176. The van der Waals surface area contributed by atoms with Crippen LogP contribution in [0.5, 0.6) is 0 Å². The maximum atomic E-state index is 13.6. The third-order valence-corrected chi connectivity index (χ3v) is 4.06. The Bertz CT molecular complexity index is 864. The van der Waals surface area contributed by atoms with E-state index in [4.69, 9.17) is 0 Å². The third kappa shape index (κ3) is 2.19. The topological polar surface area (TPSA) is 29.0 Å². The lowest BCUT2D eigenvalue weighted by molar-refractivity contribution is 0.618. The van der Waals surface area contributed by atoms with Crippen molar-refractivity contribution in [3.05, 3.63) is 65.5 Å². The minimum Gasteiger partial charge on any atom is -0.351 e. The SMILES string of the molecule is Fc1ccc2c(c1)CCN(c1ncnc3ccc(F)cc13)C2. The van der Waals surface area contributed by atoms with E-state index in [-0.39, 0.29) is 11.6 Å². The largest absolute Gasteiger partial charge is 0.351 e. The summed E-state index contributed by atoms with van der Waals surface area (Å²) < 4.78 is 26.8. The molecule has 0 fully saturated rings. The zero-order chi connectivity index (χ0) is 15.1. The summed E-state index contributed by atoms with van der Waals surface area (Å²) in [7, 11) is 0. The quantitative estimate of drug-likeness (QED) is 0.688. The van der Waals surface area contributed by atoms with Gasteiger partial charge in [0.2, 0.25) is 0 Å². The van der Waals surface area contributed by atoms with Gasteiger partial charge >= 0.3 is 0 Å². The van der Waals surface area contributed by atoms with E-state index in [1.165, 1.54) is 24.5 Å². The number of anilines is 1. The molecule has 0 aliphatic carbocycles. The molecular formula is C17H13F2N3. The van der Waals surface area contributed by atoms with E-state index in [0.29, 0.717) is 11.9 Å². The molecule has 0 unspecified atom stereocenters. The van der Waals surface area contributed by atoms with Gasteiger partial charge in [-0.3, -0.25) is 0 Å². The molecule has 1 aromatic heterocycles. The van der Waals surface area contributed by atoms with Crippen LogP contribution >= 0.6 is 0 Å². The molecule has 1 aliphatic rings. The molecule has 22 heavy (non-hydrogen) atoms.